The van der Waals surface area contributed by atoms with Crippen LogP contribution in [0.3, 0.4) is 0 Å². The lowest BCUT2D eigenvalue weighted by atomic mass is 10.1. The van der Waals surface area contributed by atoms with E-state index in [9.17, 15) is 4.79 Å². The molecular formula is C21H22N4O. The minimum atomic E-state index is -0.206. The Morgan fingerprint density at radius 3 is 2.35 bits per heavy atom. The van der Waals surface area contributed by atoms with Crippen LogP contribution in [0.2, 0.25) is 0 Å². The minimum Gasteiger partial charge on any atom is -0.350 e. The summed E-state index contributed by atoms with van der Waals surface area (Å²) in [5.41, 5.74) is 5.23. The second-order valence-electron chi connectivity index (χ2n) is 6.36. The Kier molecular flexibility index (Phi) is 5.27. The van der Waals surface area contributed by atoms with Crippen molar-refractivity contribution in [2.24, 2.45) is 0 Å². The molecule has 0 saturated carbocycles. The number of rotatable bonds is 5. The van der Waals surface area contributed by atoms with Crippen LogP contribution in [0.25, 0.3) is 0 Å². The van der Waals surface area contributed by atoms with E-state index in [1.807, 2.05) is 63.2 Å². The molecule has 1 aromatic heterocycles. The van der Waals surface area contributed by atoms with Crippen molar-refractivity contribution in [2.45, 2.75) is 27.3 Å². The average Bonchev–Trinajstić information content (AvgIpc) is 2.60. The first-order valence-electron chi connectivity index (χ1n) is 8.52. The Hall–Kier alpha value is -3.21. The first kappa shape index (κ1) is 17.6. The highest BCUT2D eigenvalue weighted by atomic mass is 16.1. The van der Waals surface area contributed by atoms with E-state index >= 15 is 0 Å². The summed E-state index contributed by atoms with van der Waals surface area (Å²) >= 11 is 0. The zero-order chi connectivity index (χ0) is 18.5. The molecule has 2 aromatic carbocycles. The summed E-state index contributed by atoms with van der Waals surface area (Å²) in [4.78, 5) is 21.2. The van der Waals surface area contributed by atoms with Gasteiger partial charge in [-0.2, -0.15) is 0 Å². The van der Waals surface area contributed by atoms with Crippen molar-refractivity contribution in [3.63, 3.8) is 0 Å². The van der Waals surface area contributed by atoms with Gasteiger partial charge in [-0.3, -0.25) is 4.79 Å². The van der Waals surface area contributed by atoms with E-state index in [4.69, 9.17) is 0 Å². The van der Waals surface area contributed by atoms with Crippen LogP contribution in [0.1, 0.15) is 32.7 Å². The van der Waals surface area contributed by atoms with E-state index < -0.39 is 0 Å². The molecule has 0 atom stereocenters. The molecule has 3 rings (SSSR count). The van der Waals surface area contributed by atoms with E-state index in [0.717, 1.165) is 22.4 Å². The number of nitrogens with one attached hydrogen (secondary N) is 2. The van der Waals surface area contributed by atoms with E-state index in [1.165, 1.54) is 0 Å². The van der Waals surface area contributed by atoms with Gasteiger partial charge in [-0.25, -0.2) is 9.97 Å². The van der Waals surface area contributed by atoms with Crippen molar-refractivity contribution >= 4 is 17.5 Å². The van der Waals surface area contributed by atoms with E-state index in [-0.39, 0.29) is 5.91 Å². The molecule has 0 unspecified atom stereocenters. The number of carbonyl (C=O) groups is 1. The normalized spacial score (nSPS) is 10.4. The van der Waals surface area contributed by atoms with E-state index in [0.29, 0.717) is 23.8 Å². The van der Waals surface area contributed by atoms with Crippen molar-refractivity contribution in [1.29, 1.82) is 0 Å². The van der Waals surface area contributed by atoms with Gasteiger partial charge in [0.05, 0.1) is 11.3 Å². The second-order valence-corrected chi connectivity index (χ2v) is 6.36. The Morgan fingerprint density at radius 1 is 1.00 bits per heavy atom. The largest absolute Gasteiger partial charge is 0.350 e. The molecule has 26 heavy (non-hydrogen) atoms. The van der Waals surface area contributed by atoms with Crippen LogP contribution in [0, 0.1) is 20.8 Å². The Labute approximate surface area is 153 Å². The number of benzene rings is 2. The molecule has 5 heteroatoms. The fraction of sp³-hybridized carbons (Fsp3) is 0.190. The van der Waals surface area contributed by atoms with Crippen molar-refractivity contribution in [3.8, 4) is 0 Å². The lowest BCUT2D eigenvalue weighted by Gasteiger charge is -2.10. The van der Waals surface area contributed by atoms with Gasteiger partial charge in [-0.15, -0.1) is 0 Å². The molecule has 0 radical (unpaired) electrons. The highest BCUT2D eigenvalue weighted by Gasteiger charge is 2.12. The first-order chi connectivity index (χ1) is 12.5. The molecule has 3 aromatic rings. The van der Waals surface area contributed by atoms with Crippen molar-refractivity contribution < 1.29 is 4.79 Å². The summed E-state index contributed by atoms with van der Waals surface area (Å²) in [5, 5.41) is 6.10. The summed E-state index contributed by atoms with van der Waals surface area (Å²) in [6, 6.07) is 16.0. The molecule has 0 aliphatic rings. The van der Waals surface area contributed by atoms with Crippen LogP contribution in [-0.2, 0) is 6.54 Å². The van der Waals surface area contributed by atoms with Crippen LogP contribution in [0.15, 0.2) is 54.7 Å². The molecule has 1 amide bonds. The Bertz CT molecular complexity index is 902. The van der Waals surface area contributed by atoms with Crippen molar-refractivity contribution in [1.82, 2.24) is 9.97 Å². The molecule has 0 spiro atoms. The standard InChI is InChI=1S/C21H22N4O/c1-14-9-15(2)11-18(10-14)25-20(26)19-13-23-21(24-16(19)3)22-12-17-7-5-4-6-8-17/h4-11,13H,12H2,1-3H3,(H,25,26)(H,22,23,24). The lowest BCUT2D eigenvalue weighted by molar-refractivity contribution is 0.102. The maximum Gasteiger partial charge on any atom is 0.259 e. The van der Waals surface area contributed by atoms with Gasteiger partial charge in [0.2, 0.25) is 5.95 Å². The number of nitrogens with zero attached hydrogens (tertiary/aromatic N) is 2. The number of amides is 1. The van der Waals surface area contributed by atoms with Gasteiger partial charge in [-0.1, -0.05) is 36.4 Å². The van der Waals surface area contributed by atoms with Crippen LogP contribution in [0.5, 0.6) is 0 Å². The van der Waals surface area contributed by atoms with Crippen LogP contribution >= 0.6 is 0 Å². The third-order valence-corrected chi connectivity index (χ3v) is 4.00. The zero-order valence-electron chi connectivity index (χ0n) is 15.2. The molecule has 0 saturated heterocycles. The molecule has 0 bridgehead atoms. The van der Waals surface area contributed by atoms with Gasteiger partial charge in [-0.05, 0) is 49.6 Å². The molecule has 0 aliphatic carbocycles. The smallest absolute Gasteiger partial charge is 0.259 e. The van der Waals surface area contributed by atoms with Crippen LogP contribution < -0.4 is 10.6 Å². The fourth-order valence-corrected chi connectivity index (χ4v) is 2.80. The van der Waals surface area contributed by atoms with E-state index in [1.54, 1.807) is 6.20 Å². The Balaban J connectivity index is 1.69. The number of carbonyl (C=O) groups excluding carboxylic acids is 1. The number of aromatic nitrogens is 2. The number of aryl methyl sites for hydroxylation is 3. The third kappa shape index (κ3) is 4.45. The maximum atomic E-state index is 12.5. The highest BCUT2D eigenvalue weighted by Crippen LogP contribution is 2.16. The monoisotopic (exact) mass is 346 g/mol. The van der Waals surface area contributed by atoms with Gasteiger partial charge < -0.3 is 10.6 Å². The SMILES string of the molecule is Cc1cc(C)cc(NC(=O)c2cnc(NCc3ccccc3)nc2C)c1. The predicted octanol–water partition coefficient (Wildman–Crippen LogP) is 4.27. The van der Waals surface area contributed by atoms with Gasteiger partial charge in [0.1, 0.15) is 0 Å². The van der Waals surface area contributed by atoms with Gasteiger partial charge in [0.25, 0.3) is 5.91 Å². The molecule has 5 nitrogen and oxygen atoms in total. The third-order valence-electron chi connectivity index (χ3n) is 4.00. The molecular weight excluding hydrogens is 324 g/mol. The van der Waals surface area contributed by atoms with Crippen LogP contribution in [-0.4, -0.2) is 15.9 Å². The molecule has 2 N–H and O–H groups in total. The lowest BCUT2D eigenvalue weighted by Crippen LogP contribution is -2.16. The average molecular weight is 346 g/mol. The van der Waals surface area contributed by atoms with Gasteiger partial charge in [0.15, 0.2) is 0 Å². The quantitative estimate of drug-likeness (QED) is 0.724. The molecule has 0 fully saturated rings. The maximum absolute atomic E-state index is 12.5. The molecule has 132 valence electrons. The Morgan fingerprint density at radius 2 is 1.69 bits per heavy atom. The zero-order valence-corrected chi connectivity index (χ0v) is 15.2. The minimum absolute atomic E-state index is 0.206. The highest BCUT2D eigenvalue weighted by molar-refractivity contribution is 6.04. The number of hydrogen-bond acceptors (Lipinski definition) is 4. The van der Waals surface area contributed by atoms with E-state index in [2.05, 4.69) is 26.7 Å². The van der Waals surface area contributed by atoms with Crippen LogP contribution in [0.4, 0.5) is 11.6 Å². The summed E-state index contributed by atoms with van der Waals surface area (Å²) in [7, 11) is 0. The summed E-state index contributed by atoms with van der Waals surface area (Å²) in [5.74, 6) is 0.302. The van der Waals surface area contributed by atoms with Crippen molar-refractivity contribution in [3.05, 3.63) is 82.7 Å². The fourth-order valence-electron chi connectivity index (χ4n) is 2.80. The van der Waals surface area contributed by atoms with Crippen molar-refractivity contribution in [2.75, 3.05) is 10.6 Å². The molecule has 0 aliphatic heterocycles. The number of hydrogen-bond donors (Lipinski definition) is 2. The molecule has 1 heterocycles. The topological polar surface area (TPSA) is 66.9 Å². The predicted molar refractivity (Wildman–Crippen MR) is 104 cm³/mol. The number of anilines is 2. The first-order valence-corrected chi connectivity index (χ1v) is 8.52. The summed E-state index contributed by atoms with van der Waals surface area (Å²) in [6.45, 7) is 6.45. The second kappa shape index (κ2) is 7.78. The van der Waals surface area contributed by atoms with Gasteiger partial charge in [0, 0.05) is 18.4 Å². The summed E-state index contributed by atoms with van der Waals surface area (Å²) in [6.07, 6.45) is 1.56. The van der Waals surface area contributed by atoms with Gasteiger partial charge >= 0.3 is 0 Å². The summed E-state index contributed by atoms with van der Waals surface area (Å²) < 4.78 is 0.